The highest BCUT2D eigenvalue weighted by atomic mass is 16.2. The molecule has 0 aromatic carbocycles. The summed E-state index contributed by atoms with van der Waals surface area (Å²) in [6.07, 6.45) is 1.14. The number of amides is 2. The highest BCUT2D eigenvalue weighted by molar-refractivity contribution is 5.72. The predicted octanol–water partition coefficient (Wildman–Crippen LogP) is 2.05. The molecule has 1 fully saturated rings. The molecule has 2 unspecified atom stereocenters. The van der Waals surface area contributed by atoms with Gasteiger partial charge in [-0.2, -0.15) is 0 Å². The number of primary amides is 1. The summed E-state index contributed by atoms with van der Waals surface area (Å²) >= 11 is 0. The number of urea groups is 1. The van der Waals surface area contributed by atoms with Gasteiger partial charge in [0.1, 0.15) is 0 Å². The molecular formula is C14H29N3O. The molecule has 1 saturated heterocycles. The Hall–Kier alpha value is -0.770. The van der Waals surface area contributed by atoms with Crippen molar-refractivity contribution < 1.29 is 4.79 Å². The molecule has 0 aliphatic carbocycles. The summed E-state index contributed by atoms with van der Waals surface area (Å²) in [4.78, 5) is 13.2. The van der Waals surface area contributed by atoms with Gasteiger partial charge in [-0.3, -0.25) is 0 Å². The molecule has 1 rings (SSSR count). The highest BCUT2D eigenvalue weighted by Crippen LogP contribution is 2.24. The van der Waals surface area contributed by atoms with Crippen LogP contribution in [0.1, 0.15) is 41.0 Å². The third-order valence-electron chi connectivity index (χ3n) is 3.66. The molecule has 0 bridgehead atoms. The molecule has 18 heavy (non-hydrogen) atoms. The van der Waals surface area contributed by atoms with Crippen LogP contribution in [0.15, 0.2) is 0 Å². The molecule has 2 atom stereocenters. The smallest absolute Gasteiger partial charge is 0.314 e. The third-order valence-corrected chi connectivity index (χ3v) is 3.66. The maximum Gasteiger partial charge on any atom is 0.314 e. The average molecular weight is 255 g/mol. The van der Waals surface area contributed by atoms with E-state index in [0.717, 1.165) is 26.1 Å². The molecule has 0 spiro atoms. The van der Waals surface area contributed by atoms with Crippen molar-refractivity contribution in [1.82, 2.24) is 10.2 Å². The summed E-state index contributed by atoms with van der Waals surface area (Å²) in [7, 11) is 0. The van der Waals surface area contributed by atoms with Gasteiger partial charge in [-0.05, 0) is 23.7 Å². The second-order valence-corrected chi connectivity index (χ2v) is 7.12. The first-order valence-corrected chi connectivity index (χ1v) is 6.97. The Morgan fingerprint density at radius 1 is 1.39 bits per heavy atom. The molecule has 4 heteroatoms. The van der Waals surface area contributed by atoms with E-state index in [2.05, 4.69) is 39.9 Å². The fourth-order valence-corrected chi connectivity index (χ4v) is 2.40. The Morgan fingerprint density at radius 2 is 2.00 bits per heavy atom. The Balaban J connectivity index is 2.59. The summed E-state index contributed by atoms with van der Waals surface area (Å²) in [5, 5.41) is 3.58. The van der Waals surface area contributed by atoms with Crippen LogP contribution in [0.5, 0.6) is 0 Å². The summed E-state index contributed by atoms with van der Waals surface area (Å²) in [5.74, 6) is 1.13. The number of piperidine rings is 1. The van der Waals surface area contributed by atoms with E-state index in [1.807, 2.05) is 0 Å². The first-order chi connectivity index (χ1) is 8.19. The second-order valence-electron chi connectivity index (χ2n) is 7.12. The van der Waals surface area contributed by atoms with Crippen LogP contribution in [0.2, 0.25) is 0 Å². The number of hydrogen-bond acceptors (Lipinski definition) is 2. The number of likely N-dealkylation sites (tertiary alicyclic amines) is 1. The molecule has 1 aliphatic heterocycles. The first kappa shape index (κ1) is 15.3. The molecule has 106 valence electrons. The lowest BCUT2D eigenvalue weighted by atomic mass is 9.85. The Kier molecular flexibility index (Phi) is 5.02. The fourth-order valence-electron chi connectivity index (χ4n) is 2.40. The highest BCUT2D eigenvalue weighted by Gasteiger charge is 2.30. The summed E-state index contributed by atoms with van der Waals surface area (Å²) in [6, 6.07) is 0.0841. The van der Waals surface area contributed by atoms with Crippen molar-refractivity contribution in [3.05, 3.63) is 0 Å². The second kappa shape index (κ2) is 5.91. The van der Waals surface area contributed by atoms with E-state index in [1.165, 1.54) is 0 Å². The quantitative estimate of drug-likeness (QED) is 0.811. The fraction of sp³-hybridized carbons (Fsp3) is 0.929. The van der Waals surface area contributed by atoms with Crippen LogP contribution in [-0.2, 0) is 0 Å². The Labute approximate surface area is 111 Å². The molecule has 0 saturated carbocycles. The number of carbonyl (C=O) groups is 1. The zero-order chi connectivity index (χ0) is 13.9. The first-order valence-electron chi connectivity index (χ1n) is 6.97. The largest absolute Gasteiger partial charge is 0.351 e. The van der Waals surface area contributed by atoms with E-state index >= 15 is 0 Å². The predicted molar refractivity (Wildman–Crippen MR) is 75.3 cm³/mol. The van der Waals surface area contributed by atoms with E-state index < -0.39 is 0 Å². The maximum absolute atomic E-state index is 11.4. The molecule has 4 nitrogen and oxygen atoms in total. The minimum atomic E-state index is -0.289. The maximum atomic E-state index is 11.4. The molecule has 1 aliphatic rings. The van der Waals surface area contributed by atoms with Crippen molar-refractivity contribution in [2.45, 2.75) is 47.1 Å². The van der Waals surface area contributed by atoms with Gasteiger partial charge < -0.3 is 16.0 Å². The van der Waals surface area contributed by atoms with Crippen molar-refractivity contribution in [2.24, 2.45) is 23.0 Å². The summed E-state index contributed by atoms with van der Waals surface area (Å²) in [5.41, 5.74) is 5.70. The van der Waals surface area contributed by atoms with E-state index in [1.54, 1.807) is 4.90 Å². The van der Waals surface area contributed by atoms with Gasteiger partial charge in [0.05, 0.1) is 0 Å². The molecule has 0 radical (unpaired) electrons. The van der Waals surface area contributed by atoms with Crippen molar-refractivity contribution in [3.8, 4) is 0 Å². The number of nitrogens with zero attached hydrogens (tertiary/aromatic N) is 1. The van der Waals surface area contributed by atoms with Crippen LogP contribution in [0.4, 0.5) is 4.79 Å². The van der Waals surface area contributed by atoms with E-state index in [-0.39, 0.29) is 11.4 Å². The monoisotopic (exact) mass is 255 g/mol. The van der Waals surface area contributed by atoms with Crippen LogP contribution < -0.4 is 11.1 Å². The lowest BCUT2D eigenvalue weighted by molar-refractivity contribution is 0.129. The third kappa shape index (κ3) is 4.84. The van der Waals surface area contributed by atoms with Gasteiger partial charge >= 0.3 is 6.03 Å². The zero-order valence-electron chi connectivity index (χ0n) is 12.5. The molecule has 3 N–H and O–H groups in total. The van der Waals surface area contributed by atoms with Crippen LogP contribution in [0.3, 0.4) is 0 Å². The number of rotatable bonds is 3. The van der Waals surface area contributed by atoms with Crippen molar-refractivity contribution in [2.75, 3.05) is 19.6 Å². The molecule has 2 amide bonds. The number of carbonyl (C=O) groups excluding carboxylic acids is 1. The Morgan fingerprint density at radius 3 is 2.44 bits per heavy atom. The topological polar surface area (TPSA) is 58.4 Å². The van der Waals surface area contributed by atoms with Crippen molar-refractivity contribution in [3.63, 3.8) is 0 Å². The van der Waals surface area contributed by atoms with Gasteiger partial charge in [0, 0.05) is 25.7 Å². The van der Waals surface area contributed by atoms with E-state index in [4.69, 9.17) is 5.73 Å². The number of nitrogens with two attached hydrogens (primary N) is 1. The zero-order valence-corrected chi connectivity index (χ0v) is 12.5. The normalized spacial score (nSPS) is 25.6. The average Bonchev–Trinajstić information content (AvgIpc) is 2.25. The van der Waals surface area contributed by atoms with Crippen LogP contribution in [0.25, 0.3) is 0 Å². The van der Waals surface area contributed by atoms with Crippen LogP contribution >= 0.6 is 0 Å². The lowest BCUT2D eigenvalue weighted by Gasteiger charge is -2.40. The molecular weight excluding hydrogens is 226 g/mol. The Bertz CT molecular complexity index is 283. The van der Waals surface area contributed by atoms with E-state index in [9.17, 15) is 4.79 Å². The summed E-state index contributed by atoms with van der Waals surface area (Å²) in [6.45, 7) is 13.6. The molecule has 0 aromatic heterocycles. The van der Waals surface area contributed by atoms with Gasteiger partial charge in [-0.15, -0.1) is 0 Å². The molecule has 0 aromatic rings. The molecule has 1 heterocycles. The minimum absolute atomic E-state index is 0.266. The van der Waals surface area contributed by atoms with Gasteiger partial charge in [-0.25, -0.2) is 4.79 Å². The number of hydrogen-bond donors (Lipinski definition) is 2. The van der Waals surface area contributed by atoms with Crippen molar-refractivity contribution in [1.29, 1.82) is 0 Å². The van der Waals surface area contributed by atoms with Gasteiger partial charge in [-0.1, -0.05) is 34.6 Å². The SMILES string of the molecule is CC(C)C1CC(NCC(C)(C)C)CN(C(N)=O)C1. The standard InChI is InChI=1S/C14H29N3O/c1-10(2)11-6-12(16-9-14(3,4)5)8-17(7-11)13(15)18/h10-12,16H,6-9H2,1-5H3,(H2,15,18). The van der Waals surface area contributed by atoms with Crippen molar-refractivity contribution >= 4 is 6.03 Å². The van der Waals surface area contributed by atoms with Crippen LogP contribution in [-0.4, -0.2) is 36.6 Å². The van der Waals surface area contributed by atoms with Crippen LogP contribution in [0, 0.1) is 17.3 Å². The van der Waals surface area contributed by atoms with Gasteiger partial charge in [0.15, 0.2) is 0 Å². The number of nitrogens with one attached hydrogen (secondary N) is 1. The lowest BCUT2D eigenvalue weighted by Crippen LogP contribution is -2.54. The minimum Gasteiger partial charge on any atom is -0.351 e. The van der Waals surface area contributed by atoms with E-state index in [0.29, 0.717) is 17.9 Å². The van der Waals surface area contributed by atoms with Gasteiger partial charge in [0.2, 0.25) is 0 Å². The van der Waals surface area contributed by atoms with Gasteiger partial charge in [0.25, 0.3) is 0 Å². The summed E-state index contributed by atoms with van der Waals surface area (Å²) < 4.78 is 0.